The van der Waals surface area contributed by atoms with Gasteiger partial charge in [-0.25, -0.2) is 0 Å². The van der Waals surface area contributed by atoms with E-state index in [0.717, 1.165) is 0 Å². The lowest BCUT2D eigenvalue weighted by atomic mass is 9.78. The van der Waals surface area contributed by atoms with Crippen LogP contribution in [0.5, 0.6) is 0 Å². The van der Waals surface area contributed by atoms with Crippen LogP contribution in [-0.2, 0) is 42.7 Å². The minimum Gasteiger partial charge on any atom is -0.462 e. The van der Waals surface area contributed by atoms with E-state index >= 15 is 0 Å². The molecule has 0 aliphatic carbocycles. The van der Waals surface area contributed by atoms with Gasteiger partial charge in [-0.3, -0.25) is 9.59 Å². The third-order valence-corrected chi connectivity index (χ3v) is 12.1. The molecule has 3 saturated heterocycles. The van der Waals surface area contributed by atoms with Crippen LogP contribution in [0.3, 0.4) is 0 Å². The highest BCUT2D eigenvalue weighted by molar-refractivity contribution is 5.80. The molecule has 3 aliphatic heterocycles. The third kappa shape index (κ3) is 12.1. The zero-order chi connectivity index (χ0) is 42.0. The highest BCUT2D eigenvalue weighted by Crippen LogP contribution is 2.36. The number of esters is 1. The molecule has 0 amide bonds. The van der Waals surface area contributed by atoms with Crippen molar-refractivity contribution in [3.63, 3.8) is 0 Å². The molecular formula is C39H70N2O15. The number of Topliss-reactive ketones (excluding diaryl/α,β-unsaturated/α-hetero) is 1. The SMILES string of the molecule is CCC1OC(=O)C[C@@H](O)[C@H](C)C(O[C@@H]2O[C@H](C)[C@@H](O)[C@H](N(C)C)[C@H]2O)[C@@H](C/C=N\O)C[C@@H](C)C(=O)CCC(C)C(O)[C@@H]1CO[C@@H]1O[C@H](C)[C@@H](O)[C@@H](OC)[C@H]1OC. The van der Waals surface area contributed by atoms with Gasteiger partial charge in [-0.15, -0.1) is 5.16 Å². The Kier molecular flexibility index (Phi) is 19.5. The Morgan fingerprint density at radius 1 is 0.857 bits per heavy atom. The van der Waals surface area contributed by atoms with Gasteiger partial charge in [0, 0.05) is 44.6 Å². The minimum atomic E-state index is -1.35. The summed E-state index contributed by atoms with van der Waals surface area (Å²) in [6.45, 7) is 10.3. The number of nitrogens with zero attached hydrogens (tertiary/aromatic N) is 2. The summed E-state index contributed by atoms with van der Waals surface area (Å²) in [4.78, 5) is 29.1. The van der Waals surface area contributed by atoms with Crippen molar-refractivity contribution >= 4 is 18.0 Å². The number of oxime groups is 1. The first-order valence-electron chi connectivity index (χ1n) is 20.0. The lowest BCUT2D eigenvalue weighted by Crippen LogP contribution is -2.63. The molecule has 326 valence electrons. The van der Waals surface area contributed by atoms with E-state index in [9.17, 15) is 40.3 Å². The Hall–Kier alpha value is -1.87. The predicted molar refractivity (Wildman–Crippen MR) is 202 cm³/mol. The van der Waals surface area contributed by atoms with Crippen molar-refractivity contribution in [1.29, 1.82) is 0 Å². The van der Waals surface area contributed by atoms with E-state index in [0.29, 0.717) is 6.42 Å². The van der Waals surface area contributed by atoms with E-state index < -0.39 is 128 Å². The Morgan fingerprint density at radius 2 is 1.48 bits per heavy atom. The van der Waals surface area contributed by atoms with Crippen LogP contribution in [0.4, 0.5) is 0 Å². The minimum absolute atomic E-state index is 0.0737. The summed E-state index contributed by atoms with van der Waals surface area (Å²) in [7, 11) is 6.32. The topological polar surface area (TPSA) is 236 Å². The average Bonchev–Trinajstić information content (AvgIpc) is 3.15. The fourth-order valence-corrected chi connectivity index (χ4v) is 8.43. The standard InChI is InChI=1S/C39H70N2O15/c1-11-28-25(18-52-39-37(51-10)36(50-9)33(47)23(6)54-39)31(45)19(2)12-13-26(42)20(3)16-24(14-15-40-49)35(21(4)27(43)17-29(44)55-28)56-38-34(48)30(41(7)8)32(46)22(5)53-38/h15,19-25,27-28,30-39,43,45-49H,11-14,16-18H2,1-10H3/b40-15-/t19?,20-,21+,22-,23-,24+,25-,27-,28?,30+,31?,32-,33-,34-,35?,36-,37-,38+,39-/m1/s1. The van der Waals surface area contributed by atoms with Crippen molar-refractivity contribution in [3.8, 4) is 0 Å². The molecule has 4 unspecified atom stereocenters. The van der Waals surface area contributed by atoms with E-state index in [1.54, 1.807) is 53.6 Å². The highest BCUT2D eigenvalue weighted by atomic mass is 16.7. The number of ketones is 1. The molecule has 56 heavy (non-hydrogen) atoms. The van der Waals surface area contributed by atoms with Gasteiger partial charge in [-0.05, 0) is 65.5 Å². The maximum absolute atomic E-state index is 13.7. The molecule has 3 aliphatic rings. The van der Waals surface area contributed by atoms with E-state index in [1.165, 1.54) is 20.4 Å². The molecule has 0 radical (unpaired) electrons. The van der Waals surface area contributed by atoms with Crippen molar-refractivity contribution in [3.05, 3.63) is 0 Å². The maximum atomic E-state index is 13.7. The first-order valence-corrected chi connectivity index (χ1v) is 20.0. The van der Waals surface area contributed by atoms with Crippen molar-refractivity contribution < 1.29 is 73.5 Å². The lowest BCUT2D eigenvalue weighted by molar-refractivity contribution is -0.306. The first-order chi connectivity index (χ1) is 26.4. The Morgan fingerprint density at radius 3 is 2.07 bits per heavy atom. The van der Waals surface area contributed by atoms with E-state index in [4.69, 9.17) is 33.2 Å². The number of carbonyl (C=O) groups is 2. The van der Waals surface area contributed by atoms with Gasteiger partial charge in [0.05, 0.1) is 55.7 Å². The second-order valence-electron chi connectivity index (χ2n) is 16.3. The van der Waals surface area contributed by atoms with E-state index in [2.05, 4.69) is 5.16 Å². The van der Waals surface area contributed by atoms with Crippen LogP contribution in [0.1, 0.15) is 80.1 Å². The van der Waals surface area contributed by atoms with Crippen LogP contribution >= 0.6 is 0 Å². The van der Waals surface area contributed by atoms with Crippen LogP contribution in [0.25, 0.3) is 0 Å². The number of ether oxygens (including phenoxy) is 7. The predicted octanol–water partition coefficient (Wildman–Crippen LogP) is 1.10. The number of likely N-dealkylation sites (N-methyl/N-ethyl adjacent to an activating group) is 1. The molecule has 0 aromatic carbocycles. The fraction of sp³-hybridized carbons (Fsp3) is 0.923. The van der Waals surface area contributed by atoms with Crippen molar-refractivity contribution in [2.24, 2.45) is 34.7 Å². The maximum Gasteiger partial charge on any atom is 0.308 e. The van der Waals surface area contributed by atoms with Crippen molar-refractivity contribution in [2.45, 2.75) is 166 Å². The summed E-state index contributed by atoms with van der Waals surface area (Å²) in [5, 5.41) is 68.8. The molecular weight excluding hydrogens is 736 g/mol. The van der Waals surface area contributed by atoms with E-state index in [-0.39, 0.29) is 38.1 Å². The molecule has 3 heterocycles. The number of rotatable bonds is 11. The number of hydrogen-bond donors (Lipinski definition) is 6. The molecule has 0 spiro atoms. The van der Waals surface area contributed by atoms with E-state index in [1.807, 2.05) is 6.92 Å². The van der Waals surface area contributed by atoms with Gasteiger partial charge in [0.2, 0.25) is 0 Å². The average molecular weight is 807 g/mol. The summed E-state index contributed by atoms with van der Waals surface area (Å²) in [5.74, 6) is -3.93. The number of hydrogen-bond acceptors (Lipinski definition) is 17. The summed E-state index contributed by atoms with van der Waals surface area (Å²) in [5.41, 5.74) is 0. The quantitative estimate of drug-likeness (QED) is 0.0742. The van der Waals surface area contributed by atoms with Gasteiger partial charge in [0.25, 0.3) is 0 Å². The molecule has 0 aromatic rings. The fourth-order valence-electron chi connectivity index (χ4n) is 8.43. The molecule has 0 bridgehead atoms. The molecule has 3 fully saturated rings. The smallest absolute Gasteiger partial charge is 0.308 e. The molecule has 6 N–H and O–H groups in total. The largest absolute Gasteiger partial charge is 0.462 e. The first kappa shape index (κ1) is 48.5. The number of aliphatic hydroxyl groups excluding tert-OH is 5. The van der Waals surface area contributed by atoms with Gasteiger partial charge in [0.15, 0.2) is 12.6 Å². The summed E-state index contributed by atoms with van der Waals surface area (Å²) >= 11 is 0. The van der Waals surface area contributed by atoms with Crippen LogP contribution < -0.4 is 0 Å². The van der Waals surface area contributed by atoms with Crippen LogP contribution in [0.15, 0.2) is 5.16 Å². The molecule has 0 saturated carbocycles. The van der Waals surface area contributed by atoms with Gasteiger partial charge in [-0.2, -0.15) is 0 Å². The van der Waals surface area contributed by atoms with Gasteiger partial charge in [-0.1, -0.05) is 27.7 Å². The molecule has 17 heteroatoms. The Bertz CT molecular complexity index is 1230. The zero-order valence-electron chi connectivity index (χ0n) is 34.7. The molecule has 3 rings (SSSR count). The number of methoxy groups -OCH3 is 2. The van der Waals surface area contributed by atoms with Crippen molar-refractivity contribution in [2.75, 3.05) is 34.9 Å². The van der Waals surface area contributed by atoms with Crippen LogP contribution in [0, 0.1) is 29.6 Å². The second-order valence-corrected chi connectivity index (χ2v) is 16.3. The summed E-state index contributed by atoms with van der Waals surface area (Å²) in [6, 6.07) is -0.746. The normalized spacial score (nSPS) is 44.2. The molecule has 0 aromatic heterocycles. The second kappa shape index (κ2) is 22.5. The highest BCUT2D eigenvalue weighted by Gasteiger charge is 2.48. The van der Waals surface area contributed by atoms with Gasteiger partial charge < -0.3 is 68.8 Å². The number of aliphatic hydroxyl groups is 5. The zero-order valence-corrected chi connectivity index (χ0v) is 34.7. The lowest BCUT2D eigenvalue weighted by Gasteiger charge is -2.46. The van der Waals surface area contributed by atoms with Crippen LogP contribution in [-0.4, -0.2) is 174 Å². The third-order valence-electron chi connectivity index (χ3n) is 12.1. The number of carbonyl (C=O) groups excluding carboxylic acids is 2. The molecule has 17 nitrogen and oxygen atoms in total. The Labute approximate surface area is 331 Å². The van der Waals surface area contributed by atoms with Gasteiger partial charge >= 0.3 is 5.97 Å². The summed E-state index contributed by atoms with van der Waals surface area (Å²) < 4.78 is 41.7. The van der Waals surface area contributed by atoms with Crippen LogP contribution in [0.2, 0.25) is 0 Å². The van der Waals surface area contributed by atoms with Crippen molar-refractivity contribution in [1.82, 2.24) is 4.90 Å². The Balaban J connectivity index is 1.96. The number of cyclic esters (lactones) is 1. The van der Waals surface area contributed by atoms with Gasteiger partial charge in [0.1, 0.15) is 36.3 Å². The summed E-state index contributed by atoms with van der Waals surface area (Å²) in [6.07, 6.45) is -10.8. The molecule has 19 atom stereocenters. The monoisotopic (exact) mass is 806 g/mol.